The van der Waals surface area contributed by atoms with Crippen LogP contribution in [0.3, 0.4) is 0 Å². The smallest absolute Gasteiger partial charge is 0.312 e. The van der Waals surface area contributed by atoms with Gasteiger partial charge >= 0.3 is 11.8 Å². The molecule has 11 unspecified atom stereocenters. The second kappa shape index (κ2) is 19.8. The van der Waals surface area contributed by atoms with Crippen LogP contribution in [0.5, 0.6) is 23.0 Å². The highest BCUT2D eigenvalue weighted by molar-refractivity contribution is 6.23. The highest BCUT2D eigenvalue weighted by Gasteiger charge is 2.50. The van der Waals surface area contributed by atoms with Crippen LogP contribution < -0.4 is 15.0 Å². The molecule has 3 aromatic carbocycles. The van der Waals surface area contributed by atoms with Gasteiger partial charge in [0.1, 0.15) is 23.4 Å². The number of ether oxygens (including phenoxy) is 4. The third-order valence-corrected chi connectivity index (χ3v) is 13.3. The normalized spacial score (nSPS) is 31.1. The second-order valence-corrected chi connectivity index (χ2v) is 18.2. The van der Waals surface area contributed by atoms with E-state index in [0.29, 0.717) is 13.1 Å². The van der Waals surface area contributed by atoms with Crippen molar-refractivity contribution in [1.82, 2.24) is 5.01 Å². The van der Waals surface area contributed by atoms with Gasteiger partial charge in [0.2, 0.25) is 0 Å². The fraction of sp³-hybridized carbons (Fsp3) is 0.480. The van der Waals surface area contributed by atoms with E-state index in [1.54, 1.807) is 39.8 Å². The summed E-state index contributed by atoms with van der Waals surface area (Å²) in [5, 5.41) is 67.9. The molecule has 1 fully saturated rings. The molecule has 5 bridgehead atoms. The summed E-state index contributed by atoms with van der Waals surface area (Å²) in [4.78, 5) is 43.3. The number of methoxy groups -OCH3 is 1. The standard InChI is InChI=1S/C50H64N4O12/c1-25-16-15-17-26(2)49(62)52-40-35(22-51-53-23-27(3)54(28(4)24-53)34-18-13-12-14-19-34)44(59)37-38(45(40)60)43(58)32(8)47-39(37)48(61)50(10,66-47)64-21-20-36(63-11)29(5)46(65-33(9)55)31(7)42(57)30(6)41(25)56/h12-22,25,27-31,36,41-42,46,56-60H,23-24H2,1-11H3,(H,52,62)/b16-15+,21-20+,26-17?,51-22+. The summed E-state index contributed by atoms with van der Waals surface area (Å²) in [5.74, 6) is -8.47. The summed E-state index contributed by atoms with van der Waals surface area (Å²) in [7, 11) is 1.44. The van der Waals surface area contributed by atoms with E-state index in [4.69, 9.17) is 24.0 Å². The first kappa shape index (κ1) is 49.3. The van der Waals surface area contributed by atoms with Gasteiger partial charge in [-0.3, -0.25) is 19.4 Å². The maximum Gasteiger partial charge on any atom is 0.312 e. The van der Waals surface area contributed by atoms with Crippen LogP contribution >= 0.6 is 0 Å². The van der Waals surface area contributed by atoms with Crippen LogP contribution in [0.15, 0.2) is 71.6 Å². The van der Waals surface area contributed by atoms with E-state index >= 15 is 0 Å². The Labute approximate surface area is 385 Å². The number of fused-ring (bicyclic) bond motifs is 14. The molecule has 66 heavy (non-hydrogen) atoms. The lowest BCUT2D eigenvalue weighted by Gasteiger charge is -2.44. The molecule has 0 radical (unpaired) electrons. The number of allylic oxidation sites excluding steroid dienone is 2. The second-order valence-electron chi connectivity index (χ2n) is 18.2. The molecule has 16 nitrogen and oxygen atoms in total. The van der Waals surface area contributed by atoms with Gasteiger partial charge in [0.25, 0.3) is 11.7 Å². The number of hydrazone groups is 1. The quantitative estimate of drug-likeness (QED) is 0.0681. The van der Waals surface area contributed by atoms with Crippen molar-refractivity contribution in [2.45, 2.75) is 112 Å². The number of benzene rings is 3. The molecule has 0 saturated carbocycles. The topological polar surface area (TPSA) is 220 Å². The summed E-state index contributed by atoms with van der Waals surface area (Å²) in [6.45, 7) is 17.7. The maximum absolute atomic E-state index is 14.6. The van der Waals surface area contributed by atoms with Crippen LogP contribution in [0.2, 0.25) is 0 Å². The number of phenols is 3. The molecule has 4 aliphatic heterocycles. The number of anilines is 2. The van der Waals surface area contributed by atoms with Crippen LogP contribution in [-0.4, -0.2) is 117 Å². The molecule has 1 saturated heterocycles. The fourth-order valence-corrected chi connectivity index (χ4v) is 9.51. The first-order valence-electron chi connectivity index (χ1n) is 22.3. The van der Waals surface area contributed by atoms with Crippen molar-refractivity contribution in [3.8, 4) is 23.0 Å². The fourth-order valence-electron chi connectivity index (χ4n) is 9.51. The number of hydrogen-bond donors (Lipinski definition) is 6. The summed E-state index contributed by atoms with van der Waals surface area (Å²) in [6.07, 6.45) is 4.86. The molecule has 4 aliphatic rings. The number of Topliss-reactive ketones (excluding diaryl/α,β-unsaturated/α-hetero) is 1. The third kappa shape index (κ3) is 9.44. The number of para-hydroxylation sites is 1. The first-order chi connectivity index (χ1) is 31.1. The minimum Gasteiger partial charge on any atom is -0.507 e. The van der Waals surface area contributed by atoms with Crippen molar-refractivity contribution in [2.75, 3.05) is 30.4 Å². The van der Waals surface area contributed by atoms with Crippen LogP contribution in [0.25, 0.3) is 10.8 Å². The Balaban J connectivity index is 1.50. The molecule has 16 heteroatoms. The van der Waals surface area contributed by atoms with Gasteiger partial charge in [0, 0.05) is 78.9 Å². The van der Waals surface area contributed by atoms with Crippen molar-refractivity contribution < 1.29 is 58.9 Å². The molecule has 4 heterocycles. The molecule has 11 atom stereocenters. The number of esters is 1. The number of ketones is 1. The predicted octanol–water partition coefficient (Wildman–Crippen LogP) is 6.69. The third-order valence-electron chi connectivity index (χ3n) is 13.3. The number of phenolic OH excluding ortho intramolecular Hbond substituents is 3. The van der Waals surface area contributed by atoms with Gasteiger partial charge in [-0.1, -0.05) is 64.1 Å². The lowest BCUT2D eigenvalue weighted by atomic mass is 9.78. The molecule has 356 valence electrons. The molecular formula is C50H64N4O12. The van der Waals surface area contributed by atoms with Gasteiger partial charge < -0.3 is 54.7 Å². The van der Waals surface area contributed by atoms with Gasteiger partial charge in [-0.25, -0.2) is 0 Å². The van der Waals surface area contributed by atoms with Gasteiger partial charge in [-0.15, -0.1) is 0 Å². The number of nitrogens with zero attached hydrogens (tertiary/aromatic N) is 3. The number of aromatic hydroxyl groups is 3. The van der Waals surface area contributed by atoms with Gasteiger partial charge in [0.05, 0.1) is 66.1 Å². The van der Waals surface area contributed by atoms with E-state index in [2.05, 4.69) is 24.1 Å². The monoisotopic (exact) mass is 912 g/mol. The molecule has 0 aromatic heterocycles. The number of rotatable bonds is 5. The number of piperazine rings is 1. The van der Waals surface area contributed by atoms with Crippen molar-refractivity contribution >= 4 is 46.0 Å². The van der Waals surface area contributed by atoms with Crippen molar-refractivity contribution in [3.63, 3.8) is 0 Å². The maximum atomic E-state index is 14.6. The van der Waals surface area contributed by atoms with Gasteiger partial charge in [0.15, 0.2) is 5.75 Å². The minimum atomic E-state index is -2.07. The molecular weight excluding hydrogens is 849 g/mol. The Kier molecular flexibility index (Phi) is 14.8. The molecule has 0 spiro atoms. The number of aliphatic hydroxyl groups excluding tert-OH is 2. The lowest BCUT2D eigenvalue weighted by Crippen LogP contribution is -2.55. The van der Waals surface area contributed by atoms with E-state index in [1.165, 1.54) is 59.4 Å². The highest BCUT2D eigenvalue weighted by atomic mass is 16.7. The summed E-state index contributed by atoms with van der Waals surface area (Å²) in [6, 6.07) is 10.0. The van der Waals surface area contributed by atoms with E-state index in [0.717, 1.165) is 5.69 Å². The Hall–Kier alpha value is -6.10. The Bertz CT molecular complexity index is 2440. The number of amides is 1. The zero-order chi connectivity index (χ0) is 48.5. The molecule has 7 rings (SSSR count). The molecule has 1 amide bonds. The van der Waals surface area contributed by atoms with Gasteiger partial charge in [-0.2, -0.15) is 5.10 Å². The lowest BCUT2D eigenvalue weighted by molar-refractivity contribution is -0.160. The SMILES string of the molecule is COC1/C=C/OC2(C)Oc3c(C)c(O)c4c(O)c(c(/C=N/N5CC(C)N(c6ccccc6)C(C)C5)c(O)c4c3C2=O)NC(=O)C(C)=C/C=C/C(C)C(O)C(C)C(O)C(C)C(OC(C)=O)C1C. The minimum absolute atomic E-state index is 0.0118. The summed E-state index contributed by atoms with van der Waals surface area (Å²) >= 11 is 0. The van der Waals surface area contributed by atoms with E-state index < -0.39 is 88.8 Å². The number of hydrogen-bond acceptors (Lipinski definition) is 15. The van der Waals surface area contributed by atoms with Crippen molar-refractivity contribution in [1.29, 1.82) is 0 Å². The van der Waals surface area contributed by atoms with Crippen LogP contribution in [0.4, 0.5) is 11.4 Å². The van der Waals surface area contributed by atoms with E-state index in [-0.39, 0.29) is 56.6 Å². The van der Waals surface area contributed by atoms with E-state index in [9.17, 15) is 39.9 Å². The largest absolute Gasteiger partial charge is 0.507 e. The first-order valence-corrected chi connectivity index (χ1v) is 22.3. The van der Waals surface area contributed by atoms with E-state index in [1.807, 2.05) is 35.3 Å². The Morgan fingerprint density at radius 3 is 2.17 bits per heavy atom. The van der Waals surface area contributed by atoms with Crippen LogP contribution in [-0.2, 0) is 23.8 Å². The van der Waals surface area contributed by atoms with Crippen molar-refractivity contribution in [2.24, 2.45) is 28.8 Å². The zero-order valence-corrected chi connectivity index (χ0v) is 39.5. The van der Waals surface area contributed by atoms with Crippen LogP contribution in [0.1, 0.15) is 83.8 Å². The molecule has 3 aromatic rings. The van der Waals surface area contributed by atoms with Gasteiger partial charge in [-0.05, 0) is 45.9 Å². The van der Waals surface area contributed by atoms with Crippen LogP contribution in [0, 0.1) is 30.6 Å². The van der Waals surface area contributed by atoms with Crippen molar-refractivity contribution in [3.05, 3.63) is 83.2 Å². The predicted molar refractivity (Wildman–Crippen MR) is 251 cm³/mol. The average molecular weight is 913 g/mol. The molecule has 0 aliphatic carbocycles. The average Bonchev–Trinajstić information content (AvgIpc) is 3.54. The summed E-state index contributed by atoms with van der Waals surface area (Å²) in [5.41, 5.74) is 0.655. The number of carbonyl (C=O) groups is 3. The zero-order valence-electron chi connectivity index (χ0n) is 39.5. The summed E-state index contributed by atoms with van der Waals surface area (Å²) < 4.78 is 23.8. The Morgan fingerprint density at radius 1 is 0.894 bits per heavy atom. The number of carbonyl (C=O) groups excluding carboxylic acids is 3. The molecule has 6 N–H and O–H groups in total. The highest BCUT2D eigenvalue weighted by Crippen LogP contribution is 2.55. The number of nitrogens with one attached hydrogen (secondary N) is 1. The number of aliphatic hydroxyl groups is 2. The Morgan fingerprint density at radius 2 is 1.55 bits per heavy atom.